The fourth-order valence-corrected chi connectivity index (χ4v) is 3.00. The summed E-state index contributed by atoms with van der Waals surface area (Å²) in [7, 11) is -3.65. The quantitative estimate of drug-likeness (QED) is 0.623. The molecule has 0 aliphatic carbocycles. The summed E-state index contributed by atoms with van der Waals surface area (Å²) in [5, 5.41) is 2.60. The number of hydrogen-bond acceptors (Lipinski definition) is 4. The van der Waals surface area contributed by atoms with Crippen LogP contribution in [0.4, 0.5) is 0 Å². The highest BCUT2D eigenvalue weighted by Gasteiger charge is 2.16. The monoisotopic (exact) mass is 329 g/mol. The van der Waals surface area contributed by atoms with Gasteiger partial charge in [-0.15, -0.1) is 0 Å². The predicted molar refractivity (Wildman–Crippen MR) is 86.2 cm³/mol. The zero-order chi connectivity index (χ0) is 16.0. The van der Waals surface area contributed by atoms with Crippen LogP contribution < -0.4 is 15.8 Å². The SMILES string of the molecule is CC(C)NC(=O)CNS(=O)(=O)Cc1ccccc1C(N)=S. The van der Waals surface area contributed by atoms with Gasteiger partial charge in [-0.3, -0.25) is 4.79 Å². The molecule has 116 valence electrons. The minimum atomic E-state index is -3.65. The first-order chi connectivity index (χ1) is 9.71. The standard InChI is InChI=1S/C13H19N3O3S2/c1-9(2)16-12(17)7-15-21(18,19)8-10-5-3-4-6-11(10)13(14)20/h3-6,9,15H,7-8H2,1-2H3,(H2,14,20)(H,16,17). The molecule has 1 amide bonds. The highest BCUT2D eigenvalue weighted by molar-refractivity contribution is 7.88. The Hall–Kier alpha value is -1.51. The molecule has 1 aromatic rings. The molecule has 4 N–H and O–H groups in total. The van der Waals surface area contributed by atoms with Gasteiger partial charge in [-0.1, -0.05) is 36.5 Å². The Bertz CT molecular complexity index is 627. The van der Waals surface area contributed by atoms with Crippen LogP contribution in [0.15, 0.2) is 24.3 Å². The van der Waals surface area contributed by atoms with Gasteiger partial charge in [0.2, 0.25) is 15.9 Å². The summed E-state index contributed by atoms with van der Waals surface area (Å²) in [5.74, 6) is -0.661. The molecule has 0 bridgehead atoms. The number of carbonyl (C=O) groups excluding carboxylic acids is 1. The second-order valence-electron chi connectivity index (χ2n) is 4.82. The van der Waals surface area contributed by atoms with Gasteiger partial charge in [-0.25, -0.2) is 13.1 Å². The van der Waals surface area contributed by atoms with Gasteiger partial charge >= 0.3 is 0 Å². The van der Waals surface area contributed by atoms with E-state index in [-0.39, 0.29) is 29.2 Å². The van der Waals surface area contributed by atoms with Crippen LogP contribution in [0.2, 0.25) is 0 Å². The summed E-state index contributed by atoms with van der Waals surface area (Å²) >= 11 is 4.89. The van der Waals surface area contributed by atoms with Crippen LogP contribution in [0.1, 0.15) is 25.0 Å². The molecule has 0 heterocycles. The molecule has 8 heteroatoms. The average Bonchev–Trinajstić information content (AvgIpc) is 2.35. The number of rotatable bonds is 7. The zero-order valence-electron chi connectivity index (χ0n) is 11.9. The molecule has 0 unspecified atom stereocenters. The maximum atomic E-state index is 12.0. The molecule has 1 rings (SSSR count). The number of nitrogens with two attached hydrogens (primary N) is 1. The van der Waals surface area contributed by atoms with Gasteiger partial charge in [0.15, 0.2) is 0 Å². The van der Waals surface area contributed by atoms with E-state index >= 15 is 0 Å². The van der Waals surface area contributed by atoms with E-state index in [4.69, 9.17) is 18.0 Å². The summed E-state index contributed by atoms with van der Waals surface area (Å²) in [6.45, 7) is 3.30. The highest BCUT2D eigenvalue weighted by Crippen LogP contribution is 2.11. The van der Waals surface area contributed by atoms with Crippen LogP contribution in [-0.2, 0) is 20.6 Å². The fraction of sp³-hybridized carbons (Fsp3) is 0.385. The first-order valence-corrected chi connectivity index (χ1v) is 8.41. The number of carbonyl (C=O) groups is 1. The van der Waals surface area contributed by atoms with Gasteiger partial charge in [-0.2, -0.15) is 0 Å². The van der Waals surface area contributed by atoms with Crippen molar-refractivity contribution in [2.75, 3.05) is 6.54 Å². The average molecular weight is 329 g/mol. The first-order valence-electron chi connectivity index (χ1n) is 6.35. The van der Waals surface area contributed by atoms with Crippen molar-refractivity contribution in [3.8, 4) is 0 Å². The molecule has 0 aromatic heterocycles. The Labute approximate surface area is 130 Å². The Balaban J connectivity index is 2.73. The van der Waals surface area contributed by atoms with E-state index in [2.05, 4.69) is 10.0 Å². The van der Waals surface area contributed by atoms with Crippen molar-refractivity contribution >= 4 is 33.1 Å². The number of sulfonamides is 1. The number of nitrogens with one attached hydrogen (secondary N) is 2. The van der Waals surface area contributed by atoms with Crippen LogP contribution in [0, 0.1) is 0 Å². The molecule has 0 fully saturated rings. The van der Waals surface area contributed by atoms with Crippen LogP contribution in [0.25, 0.3) is 0 Å². The lowest BCUT2D eigenvalue weighted by atomic mass is 10.1. The van der Waals surface area contributed by atoms with Gasteiger partial charge < -0.3 is 11.1 Å². The number of amides is 1. The number of benzene rings is 1. The van der Waals surface area contributed by atoms with Crippen LogP contribution >= 0.6 is 12.2 Å². The molecular formula is C13H19N3O3S2. The molecule has 0 saturated heterocycles. The van der Waals surface area contributed by atoms with Crippen molar-refractivity contribution in [3.05, 3.63) is 35.4 Å². The van der Waals surface area contributed by atoms with Crippen LogP contribution in [-0.4, -0.2) is 31.9 Å². The van der Waals surface area contributed by atoms with Crippen molar-refractivity contribution < 1.29 is 13.2 Å². The van der Waals surface area contributed by atoms with Crippen molar-refractivity contribution in [1.82, 2.24) is 10.0 Å². The molecule has 0 spiro atoms. The maximum Gasteiger partial charge on any atom is 0.235 e. The molecule has 0 saturated carbocycles. The molecular weight excluding hydrogens is 310 g/mol. The van der Waals surface area contributed by atoms with E-state index in [1.165, 1.54) is 0 Å². The summed E-state index contributed by atoms with van der Waals surface area (Å²) in [6, 6.07) is 6.70. The Morgan fingerprint density at radius 3 is 2.52 bits per heavy atom. The second-order valence-corrected chi connectivity index (χ2v) is 7.07. The lowest BCUT2D eigenvalue weighted by molar-refractivity contribution is -0.120. The van der Waals surface area contributed by atoms with Crippen molar-refractivity contribution in [2.45, 2.75) is 25.6 Å². The van der Waals surface area contributed by atoms with Gasteiger partial charge in [0.05, 0.1) is 12.3 Å². The topological polar surface area (TPSA) is 101 Å². The smallest absolute Gasteiger partial charge is 0.235 e. The lowest BCUT2D eigenvalue weighted by Crippen LogP contribution is -2.40. The van der Waals surface area contributed by atoms with Crippen molar-refractivity contribution in [2.24, 2.45) is 5.73 Å². The third-order valence-corrected chi connectivity index (χ3v) is 4.03. The third-order valence-electron chi connectivity index (χ3n) is 2.53. The van der Waals surface area contributed by atoms with E-state index < -0.39 is 10.0 Å². The maximum absolute atomic E-state index is 12.0. The number of hydrogen-bond donors (Lipinski definition) is 3. The van der Waals surface area contributed by atoms with E-state index in [1.807, 2.05) is 0 Å². The summed E-state index contributed by atoms with van der Waals surface area (Å²) < 4.78 is 26.2. The van der Waals surface area contributed by atoms with Crippen LogP contribution in [0.3, 0.4) is 0 Å². The third kappa shape index (κ3) is 6.19. The molecule has 0 atom stereocenters. The summed E-state index contributed by atoms with van der Waals surface area (Å²) in [5.41, 5.74) is 6.58. The van der Waals surface area contributed by atoms with Gasteiger partial charge in [0.25, 0.3) is 0 Å². The first kappa shape index (κ1) is 17.5. The van der Waals surface area contributed by atoms with Gasteiger partial charge in [-0.05, 0) is 19.4 Å². The Morgan fingerprint density at radius 1 is 1.33 bits per heavy atom. The second kappa shape index (κ2) is 7.48. The normalized spacial score (nSPS) is 11.4. The zero-order valence-corrected chi connectivity index (χ0v) is 13.6. The molecule has 6 nitrogen and oxygen atoms in total. The highest BCUT2D eigenvalue weighted by atomic mass is 32.2. The van der Waals surface area contributed by atoms with E-state index in [9.17, 15) is 13.2 Å². The van der Waals surface area contributed by atoms with Crippen LogP contribution in [0.5, 0.6) is 0 Å². The Kier molecular flexibility index (Phi) is 6.25. The fourth-order valence-electron chi connectivity index (χ4n) is 1.69. The summed E-state index contributed by atoms with van der Waals surface area (Å²) in [4.78, 5) is 11.6. The van der Waals surface area contributed by atoms with Gasteiger partial charge in [0.1, 0.15) is 4.99 Å². The molecule has 0 aliphatic heterocycles. The minimum absolute atomic E-state index is 0.0441. The predicted octanol–water partition coefficient (Wildman–Crippen LogP) is 0.265. The largest absolute Gasteiger partial charge is 0.389 e. The van der Waals surface area contributed by atoms with Crippen molar-refractivity contribution in [3.63, 3.8) is 0 Å². The molecule has 1 aromatic carbocycles. The summed E-state index contributed by atoms with van der Waals surface area (Å²) in [6.07, 6.45) is 0. The van der Waals surface area contributed by atoms with Gasteiger partial charge in [0, 0.05) is 11.6 Å². The molecule has 21 heavy (non-hydrogen) atoms. The van der Waals surface area contributed by atoms with E-state index in [1.54, 1.807) is 38.1 Å². The minimum Gasteiger partial charge on any atom is -0.389 e. The van der Waals surface area contributed by atoms with E-state index in [0.29, 0.717) is 11.1 Å². The molecule has 0 aliphatic rings. The Morgan fingerprint density at radius 2 is 1.95 bits per heavy atom. The lowest BCUT2D eigenvalue weighted by Gasteiger charge is -2.11. The molecule has 0 radical (unpaired) electrons. The van der Waals surface area contributed by atoms with E-state index in [0.717, 1.165) is 0 Å². The number of thiocarbonyl (C=S) groups is 1. The van der Waals surface area contributed by atoms with Crippen molar-refractivity contribution in [1.29, 1.82) is 0 Å².